The third kappa shape index (κ3) is 2.07. The molecule has 0 spiro atoms. The summed E-state index contributed by atoms with van der Waals surface area (Å²) in [5.41, 5.74) is 0. The number of hydrogen-bond acceptors (Lipinski definition) is 6. The molecule has 0 aliphatic carbocycles. The van der Waals surface area contributed by atoms with Gasteiger partial charge in [-0.3, -0.25) is 0 Å². The van der Waals surface area contributed by atoms with Crippen LogP contribution in [0.3, 0.4) is 0 Å². The SMILES string of the molecule is CC1(C)OCC([C@H]2O[C@@H](O)C3OC(C)(C)O[C@@H]32)O1. The second-order valence-corrected chi connectivity index (χ2v) is 5.92. The minimum absolute atomic E-state index is 0.248. The predicted molar refractivity (Wildman–Crippen MR) is 59.6 cm³/mol. The van der Waals surface area contributed by atoms with Gasteiger partial charge < -0.3 is 28.8 Å². The van der Waals surface area contributed by atoms with Crippen LogP contribution >= 0.6 is 0 Å². The molecule has 6 nitrogen and oxygen atoms in total. The van der Waals surface area contributed by atoms with Crippen molar-refractivity contribution in [2.75, 3.05) is 6.61 Å². The largest absolute Gasteiger partial charge is 0.366 e. The Morgan fingerprint density at radius 3 is 2.17 bits per heavy atom. The van der Waals surface area contributed by atoms with Crippen LogP contribution < -0.4 is 0 Å². The lowest BCUT2D eigenvalue weighted by atomic mass is 10.1. The van der Waals surface area contributed by atoms with Crippen molar-refractivity contribution in [3.8, 4) is 0 Å². The van der Waals surface area contributed by atoms with Crippen molar-refractivity contribution in [2.45, 2.75) is 70.0 Å². The minimum Gasteiger partial charge on any atom is -0.366 e. The first-order chi connectivity index (χ1) is 8.27. The lowest BCUT2D eigenvalue weighted by Crippen LogP contribution is -2.40. The van der Waals surface area contributed by atoms with Gasteiger partial charge in [0.2, 0.25) is 0 Å². The van der Waals surface area contributed by atoms with Crippen LogP contribution in [0.4, 0.5) is 0 Å². The molecule has 0 bridgehead atoms. The van der Waals surface area contributed by atoms with Crippen LogP contribution in [-0.4, -0.2) is 54.0 Å². The third-order valence-corrected chi connectivity index (χ3v) is 3.46. The van der Waals surface area contributed by atoms with Crippen molar-refractivity contribution in [1.29, 1.82) is 0 Å². The molecular weight excluding hydrogens is 240 g/mol. The highest BCUT2D eigenvalue weighted by Crippen LogP contribution is 2.41. The van der Waals surface area contributed by atoms with Gasteiger partial charge in [0.15, 0.2) is 17.9 Å². The molecule has 3 heterocycles. The van der Waals surface area contributed by atoms with Gasteiger partial charge in [-0.05, 0) is 27.7 Å². The molecule has 1 N–H and O–H groups in total. The lowest BCUT2D eigenvalue weighted by molar-refractivity contribution is -0.236. The maximum Gasteiger partial charge on any atom is 0.184 e. The molecule has 0 saturated carbocycles. The summed E-state index contributed by atoms with van der Waals surface area (Å²) in [6.07, 6.45) is -2.38. The molecule has 18 heavy (non-hydrogen) atoms. The summed E-state index contributed by atoms with van der Waals surface area (Å²) in [5, 5.41) is 9.87. The van der Waals surface area contributed by atoms with E-state index in [-0.39, 0.29) is 18.3 Å². The molecule has 2 unspecified atom stereocenters. The van der Waals surface area contributed by atoms with Crippen LogP contribution in [-0.2, 0) is 23.7 Å². The summed E-state index contributed by atoms with van der Waals surface area (Å²) in [5.74, 6) is -1.32. The standard InChI is InChI=1S/C12H20O6/c1-11(2)14-5-6(16-11)7-8-9(10(13)15-7)18-12(3,4)17-8/h6-10,13H,5H2,1-4H3/t6?,7-,8-,9?,10-/m1/s1. The number of aliphatic hydroxyl groups excluding tert-OH is 1. The van der Waals surface area contributed by atoms with E-state index in [0.29, 0.717) is 6.61 Å². The summed E-state index contributed by atoms with van der Waals surface area (Å²) in [7, 11) is 0. The van der Waals surface area contributed by atoms with E-state index in [4.69, 9.17) is 23.7 Å². The number of fused-ring (bicyclic) bond motifs is 1. The maximum absolute atomic E-state index is 9.87. The van der Waals surface area contributed by atoms with E-state index in [1.807, 2.05) is 27.7 Å². The van der Waals surface area contributed by atoms with E-state index in [9.17, 15) is 5.11 Å². The Kier molecular flexibility index (Phi) is 2.75. The molecular formula is C12H20O6. The third-order valence-electron chi connectivity index (χ3n) is 3.46. The molecule has 3 aliphatic heterocycles. The van der Waals surface area contributed by atoms with Crippen molar-refractivity contribution >= 4 is 0 Å². The van der Waals surface area contributed by atoms with Crippen molar-refractivity contribution in [1.82, 2.24) is 0 Å². The molecule has 6 heteroatoms. The van der Waals surface area contributed by atoms with Gasteiger partial charge in [0.05, 0.1) is 6.61 Å². The van der Waals surface area contributed by atoms with E-state index in [2.05, 4.69) is 0 Å². The van der Waals surface area contributed by atoms with Crippen molar-refractivity contribution in [3.05, 3.63) is 0 Å². The second-order valence-electron chi connectivity index (χ2n) is 5.92. The normalized spacial score (nSPS) is 49.5. The first-order valence-corrected chi connectivity index (χ1v) is 6.28. The van der Waals surface area contributed by atoms with E-state index < -0.39 is 24.0 Å². The number of aliphatic hydroxyl groups is 1. The van der Waals surface area contributed by atoms with Crippen molar-refractivity contribution < 1.29 is 28.8 Å². The van der Waals surface area contributed by atoms with E-state index in [0.717, 1.165) is 0 Å². The minimum atomic E-state index is -0.978. The van der Waals surface area contributed by atoms with Crippen molar-refractivity contribution in [2.24, 2.45) is 0 Å². The van der Waals surface area contributed by atoms with Crippen LogP contribution in [0.2, 0.25) is 0 Å². The number of rotatable bonds is 1. The Bertz CT molecular complexity index is 341. The van der Waals surface area contributed by atoms with Gasteiger partial charge in [-0.25, -0.2) is 0 Å². The maximum atomic E-state index is 9.87. The molecule has 0 aromatic carbocycles. The molecule has 104 valence electrons. The second kappa shape index (κ2) is 3.88. The molecule has 0 amide bonds. The van der Waals surface area contributed by atoms with Gasteiger partial charge in [-0.15, -0.1) is 0 Å². The summed E-state index contributed by atoms with van der Waals surface area (Å²) in [6, 6.07) is 0. The van der Waals surface area contributed by atoms with Crippen LogP contribution in [0.1, 0.15) is 27.7 Å². The van der Waals surface area contributed by atoms with Gasteiger partial charge in [-0.2, -0.15) is 0 Å². The molecule has 3 saturated heterocycles. The Balaban J connectivity index is 1.75. The molecule has 0 aromatic rings. The van der Waals surface area contributed by atoms with Crippen LogP contribution in [0.15, 0.2) is 0 Å². The molecule has 3 rings (SSSR count). The predicted octanol–water partition coefficient (Wildman–Crippen LogP) is 0.375. The zero-order valence-electron chi connectivity index (χ0n) is 11.1. The van der Waals surface area contributed by atoms with Crippen LogP contribution in [0.5, 0.6) is 0 Å². The van der Waals surface area contributed by atoms with Gasteiger partial charge in [0.1, 0.15) is 24.4 Å². The van der Waals surface area contributed by atoms with Gasteiger partial charge >= 0.3 is 0 Å². The van der Waals surface area contributed by atoms with Crippen LogP contribution in [0.25, 0.3) is 0 Å². The monoisotopic (exact) mass is 260 g/mol. The van der Waals surface area contributed by atoms with E-state index in [1.54, 1.807) is 0 Å². The highest BCUT2D eigenvalue weighted by molar-refractivity contribution is 4.99. The first-order valence-electron chi connectivity index (χ1n) is 6.28. The van der Waals surface area contributed by atoms with E-state index >= 15 is 0 Å². The fraction of sp³-hybridized carbons (Fsp3) is 1.00. The summed E-state index contributed by atoms with van der Waals surface area (Å²) in [4.78, 5) is 0. The van der Waals surface area contributed by atoms with Gasteiger partial charge in [0.25, 0.3) is 0 Å². The molecule has 0 aromatic heterocycles. The highest BCUT2D eigenvalue weighted by atomic mass is 16.8. The summed E-state index contributed by atoms with van der Waals surface area (Å²) < 4.78 is 28.2. The van der Waals surface area contributed by atoms with E-state index in [1.165, 1.54) is 0 Å². The fourth-order valence-corrected chi connectivity index (χ4v) is 2.78. The Labute approximate surface area is 106 Å². The fourth-order valence-electron chi connectivity index (χ4n) is 2.78. The van der Waals surface area contributed by atoms with Crippen molar-refractivity contribution in [3.63, 3.8) is 0 Å². The van der Waals surface area contributed by atoms with Gasteiger partial charge in [0, 0.05) is 0 Å². The van der Waals surface area contributed by atoms with Crippen LogP contribution in [0, 0.1) is 0 Å². The smallest absolute Gasteiger partial charge is 0.184 e. The number of hydrogen-bond donors (Lipinski definition) is 1. The quantitative estimate of drug-likeness (QED) is 0.735. The summed E-state index contributed by atoms with van der Waals surface area (Å²) >= 11 is 0. The zero-order chi connectivity index (χ0) is 13.1. The summed E-state index contributed by atoms with van der Waals surface area (Å²) in [6.45, 7) is 7.78. The first kappa shape index (κ1) is 12.8. The molecule has 5 atom stereocenters. The van der Waals surface area contributed by atoms with Gasteiger partial charge in [-0.1, -0.05) is 0 Å². The highest BCUT2D eigenvalue weighted by Gasteiger charge is 2.58. The topological polar surface area (TPSA) is 66.4 Å². The molecule has 0 radical (unpaired) electrons. The lowest BCUT2D eigenvalue weighted by Gasteiger charge is -2.26. The zero-order valence-corrected chi connectivity index (χ0v) is 11.1. The average Bonchev–Trinajstić information content (AvgIpc) is 2.81. The molecule has 3 fully saturated rings. The average molecular weight is 260 g/mol. The molecule has 3 aliphatic rings. The number of ether oxygens (including phenoxy) is 5. The Morgan fingerprint density at radius 1 is 0.889 bits per heavy atom. The Hall–Kier alpha value is -0.240. The Morgan fingerprint density at radius 2 is 1.56 bits per heavy atom.